The molecule has 0 aliphatic heterocycles. The predicted molar refractivity (Wildman–Crippen MR) is 110 cm³/mol. The van der Waals surface area contributed by atoms with Crippen molar-refractivity contribution in [2.75, 3.05) is 13.6 Å². The van der Waals surface area contributed by atoms with Crippen LogP contribution in [0.4, 0.5) is 0 Å². The van der Waals surface area contributed by atoms with E-state index < -0.39 is 0 Å². The van der Waals surface area contributed by atoms with Gasteiger partial charge in [0.1, 0.15) is 6.26 Å². The number of aryl methyl sites for hydroxylation is 1. The zero-order chi connectivity index (χ0) is 16.6. The van der Waals surface area contributed by atoms with Gasteiger partial charge in [-0.1, -0.05) is 6.07 Å². The van der Waals surface area contributed by atoms with E-state index in [0.29, 0.717) is 12.4 Å². The summed E-state index contributed by atoms with van der Waals surface area (Å²) in [4.78, 5) is 9.72. The molecule has 0 unspecified atom stereocenters. The molecule has 0 radical (unpaired) electrons. The normalized spacial score (nSPS) is 11.2. The summed E-state index contributed by atoms with van der Waals surface area (Å²) < 4.78 is 7.42. The Morgan fingerprint density at radius 3 is 3.00 bits per heavy atom. The quantitative estimate of drug-likeness (QED) is 0.239. The molecule has 2 N–H and O–H groups in total. The third-order valence-electron chi connectivity index (χ3n) is 3.36. The van der Waals surface area contributed by atoms with Crippen LogP contribution >= 0.6 is 35.3 Å². The van der Waals surface area contributed by atoms with E-state index in [2.05, 4.69) is 25.7 Å². The molecule has 0 aromatic carbocycles. The maximum absolute atomic E-state index is 5.50. The number of aromatic nitrogens is 3. The van der Waals surface area contributed by atoms with Crippen molar-refractivity contribution in [1.29, 1.82) is 0 Å². The number of hydrogen-bond donors (Lipinski definition) is 2. The third kappa shape index (κ3) is 5.85. The van der Waals surface area contributed by atoms with Crippen LogP contribution < -0.4 is 10.6 Å². The molecule has 0 aliphatic rings. The van der Waals surface area contributed by atoms with E-state index in [9.17, 15) is 0 Å². The summed E-state index contributed by atoms with van der Waals surface area (Å²) in [6.07, 6.45) is 6.39. The summed E-state index contributed by atoms with van der Waals surface area (Å²) in [7, 11) is 1.75. The van der Waals surface area contributed by atoms with Gasteiger partial charge in [0.05, 0.1) is 17.1 Å². The third-order valence-corrected chi connectivity index (χ3v) is 4.22. The molecule has 3 aromatic rings. The maximum atomic E-state index is 5.50. The van der Waals surface area contributed by atoms with Crippen LogP contribution in [0.25, 0.3) is 10.8 Å². The van der Waals surface area contributed by atoms with Crippen LogP contribution in [0.3, 0.4) is 0 Å². The number of aliphatic imine (C=N–C) groups is 1. The molecule has 3 heterocycles. The van der Waals surface area contributed by atoms with Crippen LogP contribution in [0.15, 0.2) is 51.6 Å². The zero-order valence-corrected chi connectivity index (χ0v) is 17.0. The molecule has 134 valence electrons. The van der Waals surface area contributed by atoms with E-state index >= 15 is 0 Å². The first kappa shape index (κ1) is 19.4. The molecule has 9 heteroatoms. The fourth-order valence-electron chi connectivity index (χ4n) is 2.18. The van der Waals surface area contributed by atoms with Crippen LogP contribution in [-0.2, 0) is 13.1 Å². The van der Waals surface area contributed by atoms with Gasteiger partial charge in [-0.25, -0.2) is 4.98 Å². The predicted octanol–water partition coefficient (Wildman–Crippen LogP) is 2.97. The number of oxazole rings is 1. The van der Waals surface area contributed by atoms with Gasteiger partial charge in [-0.15, -0.1) is 35.3 Å². The van der Waals surface area contributed by atoms with E-state index in [4.69, 9.17) is 4.42 Å². The van der Waals surface area contributed by atoms with Crippen LogP contribution in [0, 0.1) is 0 Å². The molecule has 0 saturated carbocycles. The van der Waals surface area contributed by atoms with Gasteiger partial charge < -0.3 is 15.1 Å². The van der Waals surface area contributed by atoms with Gasteiger partial charge in [-0.05, 0) is 23.9 Å². The summed E-state index contributed by atoms with van der Waals surface area (Å²) in [6.45, 7) is 2.26. The molecule has 0 saturated heterocycles. The zero-order valence-electron chi connectivity index (χ0n) is 13.9. The van der Waals surface area contributed by atoms with Crippen molar-refractivity contribution in [3.05, 3.63) is 47.9 Å². The Hall–Kier alpha value is -1.88. The number of guanidine groups is 1. The average Bonchev–Trinajstić information content (AvgIpc) is 3.35. The second-order valence-electron chi connectivity index (χ2n) is 5.10. The second kappa shape index (κ2) is 10.2. The Morgan fingerprint density at radius 1 is 1.36 bits per heavy atom. The summed E-state index contributed by atoms with van der Waals surface area (Å²) >= 11 is 1.61. The lowest BCUT2D eigenvalue weighted by molar-refractivity contribution is 0.569. The van der Waals surface area contributed by atoms with Crippen LogP contribution in [0.5, 0.6) is 0 Å². The molecule has 0 bridgehead atoms. The maximum Gasteiger partial charge on any atom is 0.236 e. The minimum atomic E-state index is 0. The molecule has 25 heavy (non-hydrogen) atoms. The van der Waals surface area contributed by atoms with Gasteiger partial charge in [0.2, 0.25) is 5.89 Å². The van der Waals surface area contributed by atoms with Crippen LogP contribution in [-0.4, -0.2) is 34.3 Å². The van der Waals surface area contributed by atoms with Gasteiger partial charge in [-0.2, -0.15) is 5.10 Å². The fourth-order valence-corrected chi connectivity index (χ4v) is 2.83. The van der Waals surface area contributed by atoms with Crippen LogP contribution in [0.1, 0.15) is 12.1 Å². The lowest BCUT2D eigenvalue weighted by Crippen LogP contribution is -2.37. The van der Waals surface area contributed by atoms with Crippen LogP contribution in [0.2, 0.25) is 0 Å². The molecule has 3 aromatic heterocycles. The summed E-state index contributed by atoms with van der Waals surface area (Å²) in [6, 6.07) is 5.90. The smallest absolute Gasteiger partial charge is 0.236 e. The molecular weight excluding hydrogens is 451 g/mol. The van der Waals surface area contributed by atoms with Gasteiger partial charge in [0.25, 0.3) is 0 Å². The fraction of sp³-hybridized carbons (Fsp3) is 0.312. The number of hydrogen-bond acceptors (Lipinski definition) is 5. The van der Waals surface area contributed by atoms with Crippen molar-refractivity contribution >= 4 is 41.3 Å². The summed E-state index contributed by atoms with van der Waals surface area (Å²) in [5, 5.41) is 12.7. The molecule has 0 atom stereocenters. The molecule has 0 fully saturated rings. The van der Waals surface area contributed by atoms with E-state index in [1.54, 1.807) is 30.8 Å². The average molecular weight is 472 g/mol. The van der Waals surface area contributed by atoms with E-state index in [1.165, 1.54) is 0 Å². The lowest BCUT2D eigenvalue weighted by atomic mass is 10.4. The highest BCUT2D eigenvalue weighted by atomic mass is 127. The summed E-state index contributed by atoms with van der Waals surface area (Å²) in [5.74, 6) is 1.40. The highest BCUT2D eigenvalue weighted by Crippen LogP contribution is 2.23. The first-order valence-corrected chi connectivity index (χ1v) is 8.63. The highest BCUT2D eigenvalue weighted by Gasteiger charge is 2.07. The second-order valence-corrected chi connectivity index (χ2v) is 6.04. The van der Waals surface area contributed by atoms with Gasteiger partial charge >= 0.3 is 0 Å². The Morgan fingerprint density at radius 2 is 2.28 bits per heavy atom. The van der Waals surface area contributed by atoms with Gasteiger partial charge in [0, 0.05) is 32.5 Å². The standard InChI is InChI=1S/C16H20N6OS.HI/c1-17-16(18-6-3-8-22-9-4-7-20-22)19-11-13-12-23-15(21-13)14-5-2-10-24-14;/h2,4-5,7,9-10,12H,3,6,8,11H2,1H3,(H2,17,18,19);1H. The minimum absolute atomic E-state index is 0. The molecule has 0 aliphatic carbocycles. The Labute approximate surface area is 167 Å². The first-order chi connectivity index (χ1) is 11.8. The number of nitrogens with zero attached hydrogens (tertiary/aromatic N) is 4. The largest absolute Gasteiger partial charge is 0.443 e. The highest BCUT2D eigenvalue weighted by molar-refractivity contribution is 14.0. The molecular formula is C16H21IN6OS. The van der Waals surface area contributed by atoms with Crippen molar-refractivity contribution in [1.82, 2.24) is 25.4 Å². The van der Waals surface area contributed by atoms with Crippen molar-refractivity contribution < 1.29 is 4.42 Å². The molecule has 0 spiro atoms. The first-order valence-electron chi connectivity index (χ1n) is 7.75. The molecule has 7 nitrogen and oxygen atoms in total. The Kier molecular flexibility index (Phi) is 7.92. The number of thiophene rings is 1. The Bertz CT molecular complexity index is 754. The summed E-state index contributed by atoms with van der Waals surface area (Å²) in [5.41, 5.74) is 0.845. The molecule has 3 rings (SSSR count). The van der Waals surface area contributed by atoms with Crippen molar-refractivity contribution in [3.8, 4) is 10.8 Å². The van der Waals surface area contributed by atoms with Crippen molar-refractivity contribution in [3.63, 3.8) is 0 Å². The van der Waals surface area contributed by atoms with E-state index in [1.807, 2.05) is 34.5 Å². The monoisotopic (exact) mass is 472 g/mol. The lowest BCUT2D eigenvalue weighted by Gasteiger charge is -2.10. The minimum Gasteiger partial charge on any atom is -0.443 e. The van der Waals surface area contributed by atoms with E-state index in [-0.39, 0.29) is 24.0 Å². The number of halogens is 1. The topological polar surface area (TPSA) is 80.3 Å². The molecule has 0 amide bonds. The SMILES string of the molecule is CN=C(NCCCn1cccn1)NCc1coc(-c2cccs2)n1.I. The van der Waals surface area contributed by atoms with Crippen molar-refractivity contribution in [2.45, 2.75) is 19.5 Å². The number of rotatable bonds is 7. The van der Waals surface area contributed by atoms with E-state index in [0.717, 1.165) is 36.0 Å². The van der Waals surface area contributed by atoms with Gasteiger partial charge in [-0.3, -0.25) is 9.67 Å². The van der Waals surface area contributed by atoms with Gasteiger partial charge in [0.15, 0.2) is 5.96 Å². The number of nitrogens with one attached hydrogen (secondary N) is 2. The van der Waals surface area contributed by atoms with Crippen molar-refractivity contribution in [2.24, 2.45) is 4.99 Å². The Balaban J connectivity index is 0.00000225.